The molecule has 0 spiro atoms. The molecule has 0 heterocycles. The average Bonchev–Trinajstić information content (AvgIpc) is 2.11. The lowest BCUT2D eigenvalue weighted by Crippen LogP contribution is -2.15. The molecule has 2 nitrogen and oxygen atoms in total. The Hall–Kier alpha value is -0.280. The van der Waals surface area contributed by atoms with Gasteiger partial charge in [-0.05, 0) is 17.7 Å². The van der Waals surface area contributed by atoms with Crippen molar-refractivity contribution in [1.29, 1.82) is 0 Å². The summed E-state index contributed by atoms with van der Waals surface area (Å²) in [7, 11) is 0. The van der Waals surface area contributed by atoms with Crippen molar-refractivity contribution in [3.8, 4) is 0 Å². The molecule has 0 aliphatic rings. The van der Waals surface area contributed by atoms with Crippen LogP contribution in [0.2, 0.25) is 10.0 Å². The summed E-state index contributed by atoms with van der Waals surface area (Å²) in [5, 5.41) is 18.9. The predicted octanol–water partition coefficient (Wildman–Crippen LogP) is 1.89. The molecule has 0 aliphatic heterocycles. The van der Waals surface area contributed by atoms with Gasteiger partial charge in [0.15, 0.2) is 0 Å². The highest BCUT2D eigenvalue weighted by molar-refractivity contribution is 6.35. The molecular formula is C9H10Cl2O2. The van der Waals surface area contributed by atoms with Crippen molar-refractivity contribution in [2.75, 3.05) is 6.61 Å². The summed E-state index contributed by atoms with van der Waals surface area (Å²) in [4.78, 5) is 0. The summed E-state index contributed by atoms with van der Waals surface area (Å²) in [6.07, 6.45) is -0.535. The number of rotatable bonds is 3. The molecule has 0 radical (unpaired) electrons. The second kappa shape index (κ2) is 4.82. The van der Waals surface area contributed by atoms with Crippen LogP contribution in [0, 0.1) is 0 Å². The summed E-state index contributed by atoms with van der Waals surface area (Å²) in [6.45, 7) is -0.290. The zero-order chi connectivity index (χ0) is 9.84. The molecule has 0 amide bonds. The minimum absolute atomic E-state index is 0.273. The van der Waals surface area contributed by atoms with Crippen molar-refractivity contribution < 1.29 is 10.2 Å². The molecule has 13 heavy (non-hydrogen) atoms. The van der Waals surface area contributed by atoms with Crippen molar-refractivity contribution in [2.45, 2.75) is 12.5 Å². The van der Waals surface area contributed by atoms with Crippen LogP contribution in [0.1, 0.15) is 5.56 Å². The quantitative estimate of drug-likeness (QED) is 0.818. The van der Waals surface area contributed by atoms with Gasteiger partial charge in [0.1, 0.15) is 0 Å². The van der Waals surface area contributed by atoms with E-state index < -0.39 is 6.10 Å². The average molecular weight is 221 g/mol. The van der Waals surface area contributed by atoms with E-state index in [1.165, 1.54) is 0 Å². The van der Waals surface area contributed by atoms with Crippen molar-refractivity contribution in [3.63, 3.8) is 0 Å². The minimum Gasteiger partial charge on any atom is -0.394 e. The Kier molecular flexibility index (Phi) is 4.00. The largest absolute Gasteiger partial charge is 0.394 e. The number of halogens is 2. The predicted molar refractivity (Wildman–Crippen MR) is 53.3 cm³/mol. The van der Waals surface area contributed by atoms with Crippen LogP contribution in [-0.4, -0.2) is 22.9 Å². The van der Waals surface area contributed by atoms with Crippen molar-refractivity contribution >= 4 is 23.2 Å². The van der Waals surface area contributed by atoms with E-state index in [-0.39, 0.29) is 13.0 Å². The van der Waals surface area contributed by atoms with E-state index in [9.17, 15) is 5.11 Å². The van der Waals surface area contributed by atoms with Crippen LogP contribution in [-0.2, 0) is 6.42 Å². The lowest BCUT2D eigenvalue weighted by molar-refractivity contribution is 0.0955. The van der Waals surface area contributed by atoms with Crippen molar-refractivity contribution in [3.05, 3.63) is 33.8 Å². The van der Waals surface area contributed by atoms with Gasteiger partial charge in [-0.15, -0.1) is 0 Å². The smallest absolute Gasteiger partial charge is 0.0812 e. The molecule has 1 aromatic rings. The molecule has 0 fully saturated rings. The maximum absolute atomic E-state index is 9.19. The van der Waals surface area contributed by atoms with Crippen LogP contribution in [0.15, 0.2) is 18.2 Å². The van der Waals surface area contributed by atoms with Gasteiger partial charge in [0, 0.05) is 16.5 Å². The second-order valence-electron chi connectivity index (χ2n) is 2.74. The highest BCUT2D eigenvalue weighted by Gasteiger charge is 2.10. The van der Waals surface area contributed by atoms with Crippen LogP contribution < -0.4 is 0 Å². The minimum atomic E-state index is -0.808. The first-order valence-electron chi connectivity index (χ1n) is 3.87. The fraction of sp³-hybridized carbons (Fsp3) is 0.333. The van der Waals surface area contributed by atoms with Crippen LogP contribution in [0.25, 0.3) is 0 Å². The lowest BCUT2D eigenvalue weighted by Gasteiger charge is -2.10. The van der Waals surface area contributed by atoms with Gasteiger partial charge in [-0.1, -0.05) is 29.3 Å². The molecule has 1 rings (SSSR count). The van der Waals surface area contributed by atoms with E-state index in [0.717, 1.165) is 0 Å². The number of aliphatic hydroxyl groups is 2. The molecule has 1 atom stereocenters. The number of aliphatic hydroxyl groups excluding tert-OH is 2. The van der Waals surface area contributed by atoms with E-state index in [1.807, 2.05) is 0 Å². The topological polar surface area (TPSA) is 40.5 Å². The molecule has 2 N–H and O–H groups in total. The zero-order valence-corrected chi connectivity index (χ0v) is 8.39. The van der Waals surface area contributed by atoms with Gasteiger partial charge in [0.2, 0.25) is 0 Å². The molecule has 0 aromatic heterocycles. The van der Waals surface area contributed by atoms with Gasteiger partial charge in [0.25, 0.3) is 0 Å². The van der Waals surface area contributed by atoms with Crippen molar-refractivity contribution in [2.24, 2.45) is 0 Å². The summed E-state index contributed by atoms with van der Waals surface area (Å²) >= 11 is 11.7. The molecule has 0 bridgehead atoms. The van der Waals surface area contributed by atoms with E-state index in [2.05, 4.69) is 0 Å². The molecule has 0 unspecified atom stereocenters. The van der Waals surface area contributed by atoms with E-state index in [4.69, 9.17) is 28.3 Å². The monoisotopic (exact) mass is 220 g/mol. The van der Waals surface area contributed by atoms with Crippen LogP contribution in [0.3, 0.4) is 0 Å². The fourth-order valence-corrected chi connectivity index (χ4v) is 1.58. The van der Waals surface area contributed by atoms with Gasteiger partial charge in [0.05, 0.1) is 12.7 Å². The maximum atomic E-state index is 9.19. The summed E-state index contributed by atoms with van der Waals surface area (Å²) < 4.78 is 0. The number of hydrogen-bond acceptors (Lipinski definition) is 2. The third kappa shape index (κ3) is 2.85. The third-order valence-electron chi connectivity index (χ3n) is 1.71. The van der Waals surface area contributed by atoms with Crippen molar-refractivity contribution in [1.82, 2.24) is 0 Å². The fourth-order valence-electron chi connectivity index (χ4n) is 1.03. The van der Waals surface area contributed by atoms with Gasteiger partial charge in [-0.25, -0.2) is 0 Å². The summed E-state index contributed by atoms with van der Waals surface area (Å²) in [6, 6.07) is 5.14. The first kappa shape index (κ1) is 10.8. The van der Waals surface area contributed by atoms with Gasteiger partial charge < -0.3 is 10.2 Å². The molecule has 4 heteroatoms. The van der Waals surface area contributed by atoms with Crippen LogP contribution in [0.5, 0.6) is 0 Å². The van der Waals surface area contributed by atoms with E-state index >= 15 is 0 Å². The molecule has 0 saturated heterocycles. The molecule has 1 aromatic carbocycles. The van der Waals surface area contributed by atoms with E-state index in [1.54, 1.807) is 18.2 Å². The van der Waals surface area contributed by atoms with Gasteiger partial charge in [-0.2, -0.15) is 0 Å². The number of benzene rings is 1. The number of hydrogen-bond donors (Lipinski definition) is 2. The van der Waals surface area contributed by atoms with Gasteiger partial charge >= 0.3 is 0 Å². The molecule has 0 aliphatic carbocycles. The van der Waals surface area contributed by atoms with Gasteiger partial charge in [-0.3, -0.25) is 0 Å². The first-order valence-corrected chi connectivity index (χ1v) is 4.62. The Bertz CT molecular complexity index is 269. The van der Waals surface area contributed by atoms with Crippen LogP contribution >= 0.6 is 23.2 Å². The summed E-state index contributed by atoms with van der Waals surface area (Å²) in [5.41, 5.74) is 0.674. The standard InChI is InChI=1S/C9H10Cl2O2/c10-8-2-1-3-9(11)7(8)4-6(13)5-12/h1-3,6,12-13H,4-5H2/t6-/m1/s1. The Labute approximate surface area is 86.7 Å². The lowest BCUT2D eigenvalue weighted by atomic mass is 10.1. The first-order chi connectivity index (χ1) is 6.15. The normalized spacial score (nSPS) is 12.9. The van der Waals surface area contributed by atoms with E-state index in [0.29, 0.717) is 15.6 Å². The Balaban J connectivity index is 2.87. The van der Waals surface area contributed by atoms with Crippen LogP contribution in [0.4, 0.5) is 0 Å². The molecule has 72 valence electrons. The zero-order valence-electron chi connectivity index (χ0n) is 6.87. The third-order valence-corrected chi connectivity index (χ3v) is 2.42. The summed E-state index contributed by atoms with van der Waals surface area (Å²) in [5.74, 6) is 0. The molecule has 0 saturated carbocycles. The Morgan fingerprint density at radius 3 is 2.23 bits per heavy atom. The Morgan fingerprint density at radius 2 is 1.77 bits per heavy atom. The second-order valence-corrected chi connectivity index (χ2v) is 3.56. The molecular weight excluding hydrogens is 211 g/mol. The highest BCUT2D eigenvalue weighted by atomic mass is 35.5. The SMILES string of the molecule is OC[C@H](O)Cc1c(Cl)cccc1Cl. The maximum Gasteiger partial charge on any atom is 0.0812 e. The highest BCUT2D eigenvalue weighted by Crippen LogP contribution is 2.25. The Morgan fingerprint density at radius 1 is 1.23 bits per heavy atom.